The highest BCUT2D eigenvalue weighted by molar-refractivity contribution is 6.30. The van der Waals surface area contributed by atoms with Crippen LogP contribution in [0.5, 0.6) is 0 Å². The summed E-state index contributed by atoms with van der Waals surface area (Å²) in [5.74, 6) is 0. The SMILES string of the molecule is FC(F)(F)c1cccc(-c2cc(CCNCCc3cccc(Cl)c3)cc3ccccc23)c1. The van der Waals surface area contributed by atoms with Gasteiger partial charge in [-0.25, -0.2) is 0 Å². The fourth-order valence-corrected chi connectivity index (χ4v) is 4.11. The lowest BCUT2D eigenvalue weighted by Gasteiger charge is -2.13. The lowest BCUT2D eigenvalue weighted by Crippen LogP contribution is -2.20. The van der Waals surface area contributed by atoms with Crippen molar-refractivity contribution >= 4 is 22.4 Å². The Morgan fingerprint density at radius 1 is 0.719 bits per heavy atom. The van der Waals surface area contributed by atoms with Gasteiger partial charge in [0.2, 0.25) is 0 Å². The molecule has 0 spiro atoms. The van der Waals surface area contributed by atoms with E-state index in [1.54, 1.807) is 6.07 Å². The first-order chi connectivity index (χ1) is 15.4. The van der Waals surface area contributed by atoms with Gasteiger partial charge in [0, 0.05) is 5.02 Å². The second kappa shape index (κ2) is 9.76. The fraction of sp³-hybridized carbons (Fsp3) is 0.185. The van der Waals surface area contributed by atoms with Gasteiger partial charge in [0.25, 0.3) is 0 Å². The molecule has 0 amide bonds. The van der Waals surface area contributed by atoms with E-state index < -0.39 is 11.7 Å². The third-order valence-corrected chi connectivity index (χ3v) is 5.73. The molecule has 0 unspecified atom stereocenters. The number of hydrogen-bond acceptors (Lipinski definition) is 1. The van der Waals surface area contributed by atoms with Crippen molar-refractivity contribution in [2.24, 2.45) is 0 Å². The minimum Gasteiger partial charge on any atom is -0.316 e. The van der Waals surface area contributed by atoms with Gasteiger partial charge in [0.1, 0.15) is 0 Å². The summed E-state index contributed by atoms with van der Waals surface area (Å²) in [6, 6.07) is 25.3. The Morgan fingerprint density at radius 3 is 2.25 bits per heavy atom. The standard InChI is InChI=1S/C27H23ClF3N/c28-24-9-3-5-19(16-24)11-13-32-14-12-20-15-21-6-1-2-10-25(21)26(17-20)22-7-4-8-23(18-22)27(29,30)31/h1-10,15-18,32H,11-14H2. The van der Waals surface area contributed by atoms with Crippen molar-refractivity contribution in [2.45, 2.75) is 19.0 Å². The first kappa shape index (κ1) is 22.4. The predicted molar refractivity (Wildman–Crippen MR) is 126 cm³/mol. The van der Waals surface area contributed by atoms with E-state index in [1.807, 2.05) is 48.5 Å². The van der Waals surface area contributed by atoms with Crippen LogP contribution in [0.2, 0.25) is 5.02 Å². The monoisotopic (exact) mass is 453 g/mol. The number of hydrogen-bond donors (Lipinski definition) is 1. The van der Waals surface area contributed by atoms with Gasteiger partial charge in [-0.15, -0.1) is 0 Å². The fourth-order valence-electron chi connectivity index (χ4n) is 3.90. The highest BCUT2D eigenvalue weighted by Crippen LogP contribution is 2.35. The van der Waals surface area contributed by atoms with Crippen LogP contribution in [0.4, 0.5) is 13.2 Å². The van der Waals surface area contributed by atoms with Crippen molar-refractivity contribution in [3.05, 3.63) is 107 Å². The third kappa shape index (κ3) is 5.50. The molecule has 164 valence electrons. The van der Waals surface area contributed by atoms with Crippen LogP contribution in [0.3, 0.4) is 0 Å². The zero-order valence-corrected chi connectivity index (χ0v) is 18.2. The molecular formula is C27H23ClF3N. The van der Waals surface area contributed by atoms with E-state index in [9.17, 15) is 13.2 Å². The number of halogens is 4. The largest absolute Gasteiger partial charge is 0.416 e. The Morgan fingerprint density at radius 2 is 1.47 bits per heavy atom. The highest BCUT2D eigenvalue weighted by atomic mass is 35.5. The Labute approximate surface area is 190 Å². The average Bonchev–Trinajstić information content (AvgIpc) is 2.78. The molecule has 4 aromatic rings. The molecule has 0 aliphatic carbocycles. The lowest BCUT2D eigenvalue weighted by molar-refractivity contribution is -0.137. The van der Waals surface area contributed by atoms with Crippen LogP contribution in [0.25, 0.3) is 21.9 Å². The number of fused-ring (bicyclic) bond motifs is 1. The Hall–Kier alpha value is -2.82. The number of rotatable bonds is 7. The summed E-state index contributed by atoms with van der Waals surface area (Å²) in [7, 11) is 0. The quantitative estimate of drug-likeness (QED) is 0.285. The zero-order valence-electron chi connectivity index (χ0n) is 17.4. The molecular weight excluding hydrogens is 431 g/mol. The summed E-state index contributed by atoms with van der Waals surface area (Å²) < 4.78 is 39.7. The van der Waals surface area contributed by atoms with Gasteiger partial charge in [0.15, 0.2) is 0 Å². The van der Waals surface area contributed by atoms with Crippen LogP contribution in [-0.4, -0.2) is 13.1 Å². The van der Waals surface area contributed by atoms with Gasteiger partial charge in [-0.05, 0) is 83.2 Å². The topological polar surface area (TPSA) is 12.0 Å². The Balaban J connectivity index is 1.51. The molecule has 0 aliphatic rings. The molecule has 0 aliphatic heterocycles. The van der Waals surface area contributed by atoms with Crippen LogP contribution in [0.1, 0.15) is 16.7 Å². The minimum atomic E-state index is -4.36. The maximum atomic E-state index is 13.2. The second-order valence-electron chi connectivity index (χ2n) is 7.82. The molecule has 4 aromatic carbocycles. The van der Waals surface area contributed by atoms with Crippen molar-refractivity contribution in [1.29, 1.82) is 0 Å². The van der Waals surface area contributed by atoms with Crippen LogP contribution in [0, 0.1) is 0 Å². The van der Waals surface area contributed by atoms with Gasteiger partial charge in [-0.1, -0.05) is 72.3 Å². The van der Waals surface area contributed by atoms with E-state index in [0.717, 1.165) is 58.9 Å². The van der Waals surface area contributed by atoms with Crippen molar-refractivity contribution in [1.82, 2.24) is 5.32 Å². The molecule has 0 fully saturated rings. The zero-order chi connectivity index (χ0) is 22.6. The highest BCUT2D eigenvalue weighted by Gasteiger charge is 2.30. The van der Waals surface area contributed by atoms with Gasteiger partial charge >= 0.3 is 6.18 Å². The molecule has 32 heavy (non-hydrogen) atoms. The molecule has 5 heteroatoms. The molecule has 0 atom stereocenters. The molecule has 0 saturated heterocycles. The van der Waals surface area contributed by atoms with E-state index in [1.165, 1.54) is 17.7 Å². The summed E-state index contributed by atoms with van der Waals surface area (Å²) in [5, 5.41) is 6.16. The molecule has 4 rings (SSSR count). The summed E-state index contributed by atoms with van der Waals surface area (Å²) in [6.45, 7) is 1.61. The van der Waals surface area contributed by atoms with E-state index >= 15 is 0 Å². The summed E-state index contributed by atoms with van der Waals surface area (Å²) >= 11 is 6.03. The van der Waals surface area contributed by atoms with Crippen molar-refractivity contribution in [3.8, 4) is 11.1 Å². The lowest BCUT2D eigenvalue weighted by atomic mass is 9.93. The maximum absolute atomic E-state index is 13.2. The third-order valence-electron chi connectivity index (χ3n) is 5.49. The summed E-state index contributed by atoms with van der Waals surface area (Å²) in [6.07, 6.45) is -2.70. The van der Waals surface area contributed by atoms with E-state index in [-0.39, 0.29) is 0 Å². The molecule has 1 N–H and O–H groups in total. The first-order valence-corrected chi connectivity index (χ1v) is 10.9. The van der Waals surface area contributed by atoms with Crippen molar-refractivity contribution in [3.63, 3.8) is 0 Å². The molecule has 1 nitrogen and oxygen atoms in total. The van der Waals surface area contributed by atoms with Crippen LogP contribution in [-0.2, 0) is 19.0 Å². The molecule has 0 heterocycles. The first-order valence-electron chi connectivity index (χ1n) is 10.5. The maximum Gasteiger partial charge on any atom is 0.416 e. The Bertz CT molecular complexity index is 1220. The van der Waals surface area contributed by atoms with E-state index in [2.05, 4.69) is 17.4 Å². The van der Waals surface area contributed by atoms with Crippen molar-refractivity contribution in [2.75, 3.05) is 13.1 Å². The van der Waals surface area contributed by atoms with Crippen molar-refractivity contribution < 1.29 is 13.2 Å². The van der Waals surface area contributed by atoms with E-state index in [4.69, 9.17) is 11.6 Å². The summed E-state index contributed by atoms with van der Waals surface area (Å²) in [5.41, 5.74) is 3.04. The number of nitrogens with one attached hydrogen (secondary N) is 1. The number of alkyl halides is 3. The van der Waals surface area contributed by atoms with E-state index in [0.29, 0.717) is 5.56 Å². The minimum absolute atomic E-state index is 0.576. The predicted octanol–water partition coefficient (Wildman–Crippen LogP) is 7.55. The van der Waals surface area contributed by atoms with Gasteiger partial charge in [-0.3, -0.25) is 0 Å². The van der Waals surface area contributed by atoms with Gasteiger partial charge in [0.05, 0.1) is 5.56 Å². The Kier molecular flexibility index (Phi) is 6.83. The van der Waals surface area contributed by atoms with Gasteiger partial charge < -0.3 is 5.32 Å². The molecule has 0 bridgehead atoms. The molecule has 0 saturated carbocycles. The van der Waals surface area contributed by atoms with Crippen LogP contribution < -0.4 is 5.32 Å². The molecule has 0 aromatic heterocycles. The molecule has 0 radical (unpaired) electrons. The average molecular weight is 454 g/mol. The second-order valence-corrected chi connectivity index (χ2v) is 8.26. The van der Waals surface area contributed by atoms with Crippen LogP contribution >= 0.6 is 11.6 Å². The van der Waals surface area contributed by atoms with Gasteiger partial charge in [-0.2, -0.15) is 13.2 Å². The number of benzene rings is 4. The smallest absolute Gasteiger partial charge is 0.316 e. The normalized spacial score (nSPS) is 11.8. The summed E-state index contributed by atoms with van der Waals surface area (Å²) in [4.78, 5) is 0. The van der Waals surface area contributed by atoms with Crippen LogP contribution in [0.15, 0.2) is 84.9 Å².